The zero-order valence-corrected chi connectivity index (χ0v) is 8.52. The highest BCUT2D eigenvalue weighted by Gasteiger charge is 1.87. The summed E-state index contributed by atoms with van der Waals surface area (Å²) in [6, 6.07) is 8.48. The maximum Gasteiger partial charge on any atom is 0.0337 e. The number of aryl methyl sites for hydroxylation is 1. The van der Waals surface area contributed by atoms with Gasteiger partial charge in [-0.3, -0.25) is 0 Å². The summed E-state index contributed by atoms with van der Waals surface area (Å²) < 4.78 is 0. The Morgan fingerprint density at radius 3 is 2.00 bits per heavy atom. The molecule has 70 valence electrons. The van der Waals surface area contributed by atoms with Crippen LogP contribution < -0.4 is 5.32 Å². The van der Waals surface area contributed by atoms with Crippen molar-refractivity contribution in [1.29, 1.82) is 0 Å². The summed E-state index contributed by atoms with van der Waals surface area (Å²) >= 11 is 0. The summed E-state index contributed by atoms with van der Waals surface area (Å²) in [5.41, 5.74) is 2.57. The normalized spacial score (nSPS) is 8.33. The number of hydrogen-bond acceptors (Lipinski definition) is 1. The molecule has 1 nitrogen and oxygen atoms in total. The molecule has 1 heteroatoms. The van der Waals surface area contributed by atoms with Crippen molar-refractivity contribution in [2.24, 2.45) is 0 Å². The van der Waals surface area contributed by atoms with Crippen LogP contribution in [-0.4, -0.2) is 7.05 Å². The first-order valence-electron chi connectivity index (χ1n) is 4.63. The monoisotopic (exact) mass is 167 g/mol. The Morgan fingerprint density at radius 2 is 1.67 bits per heavy atom. The van der Waals surface area contributed by atoms with Crippen LogP contribution in [0, 0.1) is 0 Å². The fraction of sp³-hybridized carbons (Fsp3) is 0.455. The van der Waals surface area contributed by atoms with E-state index >= 15 is 0 Å². The molecule has 0 aliphatic heterocycles. The van der Waals surface area contributed by atoms with Gasteiger partial charge in [-0.1, -0.05) is 32.9 Å². The fourth-order valence-electron chi connectivity index (χ4n) is 0.907. The van der Waals surface area contributed by atoms with Crippen molar-refractivity contribution in [3.05, 3.63) is 29.8 Å². The zero-order chi connectivity index (χ0) is 9.40. The number of anilines is 1. The van der Waals surface area contributed by atoms with E-state index in [2.05, 4.69) is 36.5 Å². The van der Waals surface area contributed by atoms with Crippen LogP contribution in [0.25, 0.3) is 0 Å². The molecule has 0 aliphatic rings. The van der Waals surface area contributed by atoms with Gasteiger partial charge in [-0.25, -0.2) is 0 Å². The van der Waals surface area contributed by atoms with Crippen molar-refractivity contribution in [2.75, 3.05) is 12.4 Å². The highest BCUT2D eigenvalue weighted by molar-refractivity contribution is 5.43. The first-order chi connectivity index (χ1) is 5.86. The number of benzene rings is 1. The Bertz CT molecular complexity index is 171. The summed E-state index contributed by atoms with van der Waals surface area (Å²) in [6.07, 6.45) is 1.12. The average Bonchev–Trinajstić information content (AvgIpc) is 2.21. The van der Waals surface area contributed by atoms with Crippen molar-refractivity contribution in [3.8, 4) is 0 Å². The highest BCUT2D eigenvalue weighted by Crippen LogP contribution is 2.08. The summed E-state index contributed by atoms with van der Waals surface area (Å²) in [7, 11) is 1.93. The van der Waals surface area contributed by atoms with Gasteiger partial charge in [0, 0.05) is 14.2 Å². The van der Waals surface area contributed by atoms with E-state index in [1.54, 1.807) is 0 Å². The van der Waals surface area contributed by atoms with E-state index in [1.165, 1.54) is 11.3 Å². The second-order valence-corrected chi connectivity index (χ2v) is 2.30. The minimum absolute atomic E-state index is 0. The predicted molar refractivity (Wildman–Crippen MR) is 58.8 cm³/mol. The molecule has 0 saturated heterocycles. The number of rotatable bonds is 2. The number of hydrogen-bond donors (Lipinski definition) is 1. The van der Waals surface area contributed by atoms with Crippen molar-refractivity contribution >= 4 is 5.69 Å². The van der Waals surface area contributed by atoms with Gasteiger partial charge in [0.15, 0.2) is 0 Å². The molecule has 0 saturated carbocycles. The second kappa shape index (κ2) is 6.71. The van der Waals surface area contributed by atoms with Gasteiger partial charge in [0.2, 0.25) is 0 Å². The van der Waals surface area contributed by atoms with E-state index in [1.807, 2.05) is 20.9 Å². The molecule has 0 spiro atoms. The van der Waals surface area contributed by atoms with Crippen LogP contribution in [0.5, 0.6) is 0 Å². The predicted octanol–water partition coefficient (Wildman–Crippen LogP) is 3.56. The quantitative estimate of drug-likeness (QED) is 0.710. The molecule has 12 heavy (non-hydrogen) atoms. The third-order valence-electron chi connectivity index (χ3n) is 1.65. The van der Waals surface area contributed by atoms with Crippen LogP contribution in [0.15, 0.2) is 24.3 Å². The van der Waals surface area contributed by atoms with E-state index in [0.717, 1.165) is 6.42 Å². The molecule has 0 heterocycles. The van der Waals surface area contributed by atoms with Gasteiger partial charge in [-0.2, -0.15) is 0 Å². The van der Waals surface area contributed by atoms with Crippen molar-refractivity contribution in [1.82, 2.24) is 0 Å². The van der Waals surface area contributed by atoms with E-state index in [-0.39, 0.29) is 1.43 Å². The molecule has 0 atom stereocenters. The molecule has 0 bridgehead atoms. The standard InChI is InChI=1S/C9H13N.C2H6.H2/c1-3-8-4-6-9(10-2)7-5-8;1-2;/h4-7,10H,3H2,1-2H3;1-2H3;1H. The van der Waals surface area contributed by atoms with Gasteiger partial charge in [0.1, 0.15) is 0 Å². The largest absolute Gasteiger partial charge is 0.388 e. The van der Waals surface area contributed by atoms with Gasteiger partial charge in [0.05, 0.1) is 0 Å². The van der Waals surface area contributed by atoms with E-state index < -0.39 is 0 Å². The van der Waals surface area contributed by atoms with Crippen molar-refractivity contribution < 1.29 is 1.43 Å². The minimum atomic E-state index is 0. The van der Waals surface area contributed by atoms with E-state index in [0.29, 0.717) is 0 Å². The Balaban J connectivity index is 0. The van der Waals surface area contributed by atoms with Crippen LogP contribution in [-0.2, 0) is 6.42 Å². The maximum atomic E-state index is 3.08. The molecule has 0 aromatic heterocycles. The number of nitrogens with one attached hydrogen (secondary N) is 1. The maximum absolute atomic E-state index is 3.08. The van der Waals surface area contributed by atoms with Crippen molar-refractivity contribution in [2.45, 2.75) is 27.2 Å². The third kappa shape index (κ3) is 3.42. The van der Waals surface area contributed by atoms with Crippen LogP contribution in [0.2, 0.25) is 0 Å². The van der Waals surface area contributed by atoms with Crippen LogP contribution in [0.4, 0.5) is 5.69 Å². The molecule has 0 aliphatic carbocycles. The van der Waals surface area contributed by atoms with Gasteiger partial charge in [-0.05, 0) is 24.1 Å². The lowest BCUT2D eigenvalue weighted by molar-refractivity contribution is 1.14. The minimum Gasteiger partial charge on any atom is -0.388 e. The summed E-state index contributed by atoms with van der Waals surface area (Å²) in [6.45, 7) is 6.16. The lowest BCUT2D eigenvalue weighted by Crippen LogP contribution is -1.87. The second-order valence-electron chi connectivity index (χ2n) is 2.30. The van der Waals surface area contributed by atoms with Crippen LogP contribution in [0.1, 0.15) is 27.8 Å². The molecule has 0 fully saturated rings. The van der Waals surface area contributed by atoms with E-state index in [4.69, 9.17) is 0 Å². The van der Waals surface area contributed by atoms with Crippen LogP contribution >= 0.6 is 0 Å². The first-order valence-corrected chi connectivity index (χ1v) is 4.63. The summed E-state index contributed by atoms with van der Waals surface area (Å²) in [4.78, 5) is 0. The Labute approximate surface area is 77.3 Å². The lowest BCUT2D eigenvalue weighted by atomic mass is 10.1. The first kappa shape index (κ1) is 11.0. The fourth-order valence-corrected chi connectivity index (χ4v) is 0.907. The topological polar surface area (TPSA) is 12.0 Å². The SMILES string of the molecule is CC.CCc1ccc(NC)cc1.[HH]. The molecule has 0 unspecified atom stereocenters. The zero-order valence-electron chi connectivity index (χ0n) is 8.52. The Morgan fingerprint density at radius 1 is 1.17 bits per heavy atom. The average molecular weight is 167 g/mol. The summed E-state index contributed by atoms with van der Waals surface area (Å²) in [5, 5.41) is 3.08. The molecule has 1 N–H and O–H groups in total. The lowest BCUT2D eigenvalue weighted by Gasteiger charge is -1.99. The Hall–Kier alpha value is -0.980. The van der Waals surface area contributed by atoms with Gasteiger partial charge in [0.25, 0.3) is 0 Å². The molecule has 0 amide bonds. The summed E-state index contributed by atoms with van der Waals surface area (Å²) in [5.74, 6) is 0. The Kier molecular flexibility index (Phi) is 6.16. The van der Waals surface area contributed by atoms with Gasteiger partial charge < -0.3 is 5.32 Å². The smallest absolute Gasteiger partial charge is 0.0337 e. The highest BCUT2D eigenvalue weighted by atomic mass is 14.8. The van der Waals surface area contributed by atoms with Crippen LogP contribution in [0.3, 0.4) is 0 Å². The van der Waals surface area contributed by atoms with Crippen molar-refractivity contribution in [3.63, 3.8) is 0 Å². The van der Waals surface area contributed by atoms with E-state index in [9.17, 15) is 0 Å². The van der Waals surface area contributed by atoms with Gasteiger partial charge in [-0.15, -0.1) is 0 Å². The molecule has 1 aromatic rings. The molecule has 0 radical (unpaired) electrons. The molecule has 1 rings (SSSR count). The molecule has 1 aromatic carbocycles. The van der Waals surface area contributed by atoms with Gasteiger partial charge >= 0.3 is 0 Å². The molecular formula is C11H21N. The third-order valence-corrected chi connectivity index (χ3v) is 1.65. The molecular weight excluding hydrogens is 146 g/mol.